The molecule has 198 valence electrons. The van der Waals surface area contributed by atoms with Gasteiger partial charge in [0.15, 0.2) is 11.2 Å². The van der Waals surface area contributed by atoms with E-state index >= 15 is 0 Å². The number of hydrogen-bond donors (Lipinski definition) is 3. The van der Waals surface area contributed by atoms with Crippen LogP contribution in [0.1, 0.15) is 52.4 Å². The summed E-state index contributed by atoms with van der Waals surface area (Å²) < 4.78 is 5.89. The summed E-state index contributed by atoms with van der Waals surface area (Å²) in [5.74, 6) is -0.863. The minimum Gasteiger partial charge on any atom is -0.493 e. The Kier molecular flexibility index (Phi) is 5.11. The van der Waals surface area contributed by atoms with Crippen LogP contribution in [-0.4, -0.2) is 36.8 Å². The minimum atomic E-state index is -1.42. The molecule has 3 aromatic carbocycles. The van der Waals surface area contributed by atoms with Gasteiger partial charge in [0.25, 0.3) is 5.91 Å². The minimum absolute atomic E-state index is 0.141. The highest BCUT2D eigenvalue weighted by atomic mass is 16.5. The number of amides is 2. The molecule has 2 spiro atoms. The number of carbonyl (C=O) groups excluding carboxylic acids is 3. The molecular formula is C32H32N3O4+. The fraction of sp³-hybridized carbons (Fsp3) is 0.344. The third-order valence-corrected chi connectivity index (χ3v) is 9.76. The number of Topliss-reactive ketones (excluding diaryl/α,β-unsaturated/α-hetero) is 1. The van der Waals surface area contributed by atoms with E-state index in [1.54, 1.807) is 12.1 Å². The van der Waals surface area contributed by atoms with Crippen molar-refractivity contribution in [3.63, 3.8) is 0 Å². The lowest BCUT2D eigenvalue weighted by Gasteiger charge is -2.40. The Balaban J connectivity index is 1.58. The molecule has 2 fully saturated rings. The average molecular weight is 523 g/mol. The van der Waals surface area contributed by atoms with Crippen molar-refractivity contribution in [2.75, 3.05) is 23.8 Å². The first kappa shape index (κ1) is 24.1. The highest BCUT2D eigenvalue weighted by molar-refractivity contribution is 6.20. The number of para-hydroxylation sites is 2. The van der Waals surface area contributed by atoms with Crippen molar-refractivity contribution in [1.82, 2.24) is 0 Å². The lowest BCUT2D eigenvalue weighted by Crippen LogP contribution is -3.20. The molecule has 4 aliphatic rings. The second-order valence-corrected chi connectivity index (χ2v) is 11.2. The third-order valence-electron chi connectivity index (χ3n) is 9.76. The van der Waals surface area contributed by atoms with Crippen LogP contribution in [0.3, 0.4) is 0 Å². The third kappa shape index (κ3) is 2.73. The predicted octanol–water partition coefficient (Wildman–Crippen LogP) is 3.30. The number of nitrogens with one attached hydrogen (secondary N) is 3. The number of hydrogen-bond acceptors (Lipinski definition) is 4. The van der Waals surface area contributed by atoms with Gasteiger partial charge in [0.05, 0.1) is 24.4 Å². The number of rotatable bonds is 4. The largest absolute Gasteiger partial charge is 0.493 e. The number of ketones is 1. The number of fused-ring (bicyclic) bond motifs is 7. The number of anilines is 2. The first-order valence-corrected chi connectivity index (χ1v) is 13.8. The van der Waals surface area contributed by atoms with E-state index in [1.165, 1.54) is 0 Å². The van der Waals surface area contributed by atoms with Crippen LogP contribution < -0.4 is 20.3 Å². The summed E-state index contributed by atoms with van der Waals surface area (Å²) in [6, 6.07) is 18.7. The molecule has 3 N–H and O–H groups in total. The normalized spacial score (nSPS) is 29.8. The number of aryl methyl sites for hydroxylation is 1. The van der Waals surface area contributed by atoms with Crippen LogP contribution in [-0.2, 0) is 20.5 Å². The molecule has 4 aliphatic heterocycles. The van der Waals surface area contributed by atoms with Crippen LogP contribution >= 0.6 is 0 Å². The van der Waals surface area contributed by atoms with E-state index in [9.17, 15) is 14.4 Å². The zero-order valence-corrected chi connectivity index (χ0v) is 22.4. The van der Waals surface area contributed by atoms with Gasteiger partial charge in [0, 0.05) is 24.1 Å². The van der Waals surface area contributed by atoms with E-state index < -0.39 is 16.9 Å². The van der Waals surface area contributed by atoms with E-state index in [2.05, 4.69) is 10.6 Å². The Morgan fingerprint density at radius 2 is 1.74 bits per heavy atom. The number of benzene rings is 3. The zero-order chi connectivity index (χ0) is 27.1. The van der Waals surface area contributed by atoms with E-state index in [0.29, 0.717) is 30.2 Å². The van der Waals surface area contributed by atoms with Crippen LogP contribution in [0.2, 0.25) is 0 Å². The van der Waals surface area contributed by atoms with Crippen LogP contribution in [0.25, 0.3) is 0 Å². The number of carbonyl (C=O) groups is 3. The molecule has 0 bridgehead atoms. The molecule has 2 amide bonds. The van der Waals surface area contributed by atoms with Crippen LogP contribution in [0, 0.1) is 19.8 Å². The van der Waals surface area contributed by atoms with Crippen LogP contribution in [0.5, 0.6) is 5.75 Å². The molecule has 7 rings (SSSR count). The van der Waals surface area contributed by atoms with Gasteiger partial charge in [0.2, 0.25) is 11.4 Å². The lowest BCUT2D eigenvalue weighted by atomic mass is 9.57. The molecule has 7 nitrogen and oxygen atoms in total. The van der Waals surface area contributed by atoms with Gasteiger partial charge in [-0.1, -0.05) is 36.4 Å². The van der Waals surface area contributed by atoms with Gasteiger partial charge < -0.3 is 20.3 Å². The van der Waals surface area contributed by atoms with Crippen molar-refractivity contribution in [2.45, 2.75) is 50.6 Å². The van der Waals surface area contributed by atoms with E-state index in [-0.39, 0.29) is 23.6 Å². The number of quaternary nitrogens is 1. The molecule has 1 unspecified atom stereocenters. The smallest absolute Gasteiger partial charge is 0.292 e. The molecule has 5 atom stereocenters. The van der Waals surface area contributed by atoms with Crippen molar-refractivity contribution in [3.05, 3.63) is 88.5 Å². The van der Waals surface area contributed by atoms with Gasteiger partial charge in [-0.2, -0.15) is 0 Å². The number of ether oxygens (including phenoxy) is 1. The topological polar surface area (TPSA) is 88.9 Å². The van der Waals surface area contributed by atoms with Crippen molar-refractivity contribution < 1.29 is 24.0 Å². The zero-order valence-electron chi connectivity index (χ0n) is 22.4. The molecule has 39 heavy (non-hydrogen) atoms. The van der Waals surface area contributed by atoms with Crippen molar-refractivity contribution in [2.24, 2.45) is 5.92 Å². The summed E-state index contributed by atoms with van der Waals surface area (Å²) in [5.41, 5.74) is 2.82. The Labute approximate surface area is 227 Å². The molecule has 4 heterocycles. The van der Waals surface area contributed by atoms with E-state index in [0.717, 1.165) is 45.7 Å². The molecular weight excluding hydrogens is 490 g/mol. The van der Waals surface area contributed by atoms with Crippen molar-refractivity contribution in [1.29, 1.82) is 0 Å². The molecule has 0 radical (unpaired) electrons. The maximum absolute atomic E-state index is 14.9. The highest BCUT2D eigenvalue weighted by Gasteiger charge is 2.85. The Bertz CT molecular complexity index is 1580. The standard InChI is InChI=1S/C32H31N3O4/c1-4-39-25-14-8-5-10-20(25)28(36)26-24-13-9-17-35(24)32(22-16-15-18(2)19(3)27(22)34-30(32)38)31(26)21-11-6-7-12-23(21)33-29(31)37/h5-8,10-12,14-16,24,26H,4,9,13,17H2,1-3H3,(H,33,37)(H,34,38)/p+1/t24-,26+,31+,32-/m0/s1. The second kappa shape index (κ2) is 8.26. The summed E-state index contributed by atoms with van der Waals surface area (Å²) in [4.78, 5) is 45.1. The van der Waals surface area contributed by atoms with E-state index in [4.69, 9.17) is 4.74 Å². The first-order chi connectivity index (χ1) is 18.9. The SMILES string of the molecule is CCOc1ccccc1C(=O)[C@H]1[C@@H]2CCC[NH+]2[C@@]2(C(=O)Nc3c2ccc(C)c3C)[C@@]12C(=O)Nc1ccccc12. The van der Waals surface area contributed by atoms with Crippen molar-refractivity contribution >= 4 is 29.0 Å². The monoisotopic (exact) mass is 522 g/mol. The summed E-state index contributed by atoms with van der Waals surface area (Å²) >= 11 is 0. The lowest BCUT2D eigenvalue weighted by molar-refractivity contribution is -0.949. The highest BCUT2D eigenvalue weighted by Crippen LogP contribution is 2.61. The summed E-state index contributed by atoms with van der Waals surface area (Å²) in [6.45, 7) is 7.05. The second-order valence-electron chi connectivity index (χ2n) is 11.2. The van der Waals surface area contributed by atoms with Gasteiger partial charge in [-0.25, -0.2) is 0 Å². The maximum atomic E-state index is 14.9. The van der Waals surface area contributed by atoms with Crippen LogP contribution in [0.15, 0.2) is 60.7 Å². The van der Waals surface area contributed by atoms with Gasteiger partial charge in [-0.3, -0.25) is 14.4 Å². The van der Waals surface area contributed by atoms with Crippen molar-refractivity contribution in [3.8, 4) is 5.75 Å². The molecule has 0 aliphatic carbocycles. The summed E-state index contributed by atoms with van der Waals surface area (Å²) in [6.07, 6.45) is 1.64. The Hall–Kier alpha value is -3.97. The average Bonchev–Trinajstić information content (AvgIpc) is 3.65. The summed E-state index contributed by atoms with van der Waals surface area (Å²) in [7, 11) is 0. The Morgan fingerprint density at radius 1 is 0.974 bits per heavy atom. The van der Waals surface area contributed by atoms with Gasteiger partial charge in [-0.05, 0) is 61.7 Å². The molecule has 2 saturated heterocycles. The molecule has 0 aromatic heterocycles. The quantitative estimate of drug-likeness (QED) is 0.459. The maximum Gasteiger partial charge on any atom is 0.292 e. The molecule has 7 heteroatoms. The fourth-order valence-corrected chi connectivity index (χ4v) is 8.28. The fourth-order valence-electron chi connectivity index (χ4n) is 8.28. The Morgan fingerprint density at radius 3 is 2.56 bits per heavy atom. The molecule has 0 saturated carbocycles. The van der Waals surface area contributed by atoms with E-state index in [1.807, 2.05) is 69.3 Å². The predicted molar refractivity (Wildman–Crippen MR) is 147 cm³/mol. The molecule has 3 aromatic rings. The summed E-state index contributed by atoms with van der Waals surface area (Å²) in [5, 5.41) is 6.32. The van der Waals surface area contributed by atoms with Gasteiger partial charge >= 0.3 is 0 Å². The van der Waals surface area contributed by atoms with Crippen LogP contribution in [0.4, 0.5) is 11.4 Å². The van der Waals surface area contributed by atoms with Gasteiger partial charge in [0.1, 0.15) is 17.7 Å². The first-order valence-electron chi connectivity index (χ1n) is 13.8. The van der Waals surface area contributed by atoms with Gasteiger partial charge in [-0.15, -0.1) is 0 Å².